The Hall–Kier alpha value is -1.57. The van der Waals surface area contributed by atoms with Gasteiger partial charge in [0, 0.05) is 47.4 Å². The molecule has 0 aromatic carbocycles. The summed E-state index contributed by atoms with van der Waals surface area (Å²) in [4.78, 5) is 4.55. The molecule has 2 aromatic heterocycles. The summed E-state index contributed by atoms with van der Waals surface area (Å²) >= 11 is 0. The molecule has 0 aliphatic heterocycles. The zero-order chi connectivity index (χ0) is 14.2. The molecular weight excluding hydrogens is 232 g/mol. The molecule has 2 aromatic rings. The van der Waals surface area contributed by atoms with Crippen LogP contribution in [0.4, 0.5) is 0 Å². The zero-order valence-corrected chi connectivity index (χ0v) is 12.9. The van der Waals surface area contributed by atoms with Crippen molar-refractivity contribution in [2.24, 2.45) is 7.05 Å². The predicted molar refractivity (Wildman–Crippen MR) is 81.4 cm³/mol. The molecule has 102 valence electrons. The maximum atomic E-state index is 4.55. The minimum atomic E-state index is 0.165. The van der Waals surface area contributed by atoms with Crippen molar-refractivity contribution in [2.45, 2.75) is 46.0 Å². The van der Waals surface area contributed by atoms with Crippen LogP contribution in [0.1, 0.15) is 51.9 Å². The van der Waals surface area contributed by atoms with Gasteiger partial charge in [0.2, 0.25) is 0 Å². The minimum absolute atomic E-state index is 0.165. The van der Waals surface area contributed by atoms with Crippen LogP contribution < -0.4 is 0 Å². The number of hydrogen-bond donors (Lipinski definition) is 0. The van der Waals surface area contributed by atoms with Crippen LogP contribution in [0.5, 0.6) is 0 Å². The van der Waals surface area contributed by atoms with Gasteiger partial charge >= 0.3 is 0 Å². The lowest BCUT2D eigenvalue weighted by atomic mass is 9.91. The van der Waals surface area contributed by atoms with Crippen LogP contribution in [0.15, 0.2) is 30.6 Å². The summed E-state index contributed by atoms with van der Waals surface area (Å²) in [6.45, 7) is 11.1. The van der Waals surface area contributed by atoms with E-state index in [-0.39, 0.29) is 5.41 Å². The molecule has 0 amide bonds. The number of rotatable bonds is 2. The van der Waals surface area contributed by atoms with Crippen molar-refractivity contribution in [3.63, 3.8) is 0 Å². The first-order chi connectivity index (χ1) is 8.79. The van der Waals surface area contributed by atoms with E-state index >= 15 is 0 Å². The van der Waals surface area contributed by atoms with E-state index in [1.807, 2.05) is 6.20 Å². The lowest BCUT2D eigenvalue weighted by molar-refractivity contribution is 0.543. The fraction of sp³-hybridized carbons (Fsp3) is 0.471. The van der Waals surface area contributed by atoms with Crippen molar-refractivity contribution in [3.8, 4) is 11.1 Å². The standard InChI is InChI=1S/C17H24N2/c1-12(2)15-8-7-13(10-18-15)14-9-16(17(3,4)5)19(6)11-14/h7-12H,1-6H3. The highest BCUT2D eigenvalue weighted by Crippen LogP contribution is 2.29. The van der Waals surface area contributed by atoms with Gasteiger partial charge in [-0.2, -0.15) is 0 Å². The first-order valence-corrected chi connectivity index (χ1v) is 6.92. The van der Waals surface area contributed by atoms with Gasteiger partial charge in [0.25, 0.3) is 0 Å². The first-order valence-electron chi connectivity index (χ1n) is 6.92. The molecule has 2 nitrogen and oxygen atoms in total. The summed E-state index contributed by atoms with van der Waals surface area (Å²) in [6, 6.07) is 6.57. The Labute approximate surface area is 116 Å². The summed E-state index contributed by atoms with van der Waals surface area (Å²) in [6.07, 6.45) is 4.17. The molecule has 2 heteroatoms. The fourth-order valence-corrected chi connectivity index (χ4v) is 2.39. The Morgan fingerprint density at radius 3 is 2.21 bits per heavy atom. The van der Waals surface area contributed by atoms with E-state index in [2.05, 4.69) is 75.6 Å². The van der Waals surface area contributed by atoms with Gasteiger partial charge in [0.1, 0.15) is 0 Å². The second kappa shape index (κ2) is 4.84. The van der Waals surface area contributed by atoms with Crippen LogP contribution in [0.2, 0.25) is 0 Å². The molecule has 0 spiro atoms. The van der Waals surface area contributed by atoms with E-state index < -0.39 is 0 Å². The van der Waals surface area contributed by atoms with Gasteiger partial charge in [0.15, 0.2) is 0 Å². The summed E-state index contributed by atoms with van der Waals surface area (Å²) in [5, 5.41) is 0. The molecule has 0 bridgehead atoms. The van der Waals surface area contributed by atoms with Gasteiger partial charge in [-0.25, -0.2) is 0 Å². The number of aromatic nitrogens is 2. The molecule has 2 heterocycles. The SMILES string of the molecule is CC(C)c1ccc(-c2cc(C(C)(C)C)n(C)c2)cn1. The van der Waals surface area contributed by atoms with Crippen molar-refractivity contribution in [3.05, 3.63) is 42.0 Å². The average Bonchev–Trinajstić information content (AvgIpc) is 2.71. The van der Waals surface area contributed by atoms with Gasteiger partial charge in [-0.15, -0.1) is 0 Å². The van der Waals surface area contributed by atoms with Crippen molar-refractivity contribution in [2.75, 3.05) is 0 Å². The maximum Gasteiger partial charge on any atom is 0.0429 e. The summed E-state index contributed by atoms with van der Waals surface area (Å²) in [7, 11) is 2.11. The second-order valence-electron chi connectivity index (χ2n) is 6.60. The minimum Gasteiger partial charge on any atom is -0.353 e. The zero-order valence-electron chi connectivity index (χ0n) is 12.9. The van der Waals surface area contributed by atoms with Gasteiger partial charge in [-0.3, -0.25) is 4.98 Å². The highest BCUT2D eigenvalue weighted by atomic mass is 14.9. The second-order valence-corrected chi connectivity index (χ2v) is 6.60. The van der Waals surface area contributed by atoms with E-state index in [4.69, 9.17) is 0 Å². The van der Waals surface area contributed by atoms with Crippen LogP contribution in [-0.2, 0) is 12.5 Å². The Morgan fingerprint density at radius 1 is 1.11 bits per heavy atom. The molecule has 0 N–H and O–H groups in total. The maximum absolute atomic E-state index is 4.55. The molecule has 0 atom stereocenters. The lowest BCUT2D eigenvalue weighted by Gasteiger charge is -2.19. The third-order valence-corrected chi connectivity index (χ3v) is 3.48. The fourth-order valence-electron chi connectivity index (χ4n) is 2.39. The number of aryl methyl sites for hydroxylation is 1. The van der Waals surface area contributed by atoms with E-state index in [9.17, 15) is 0 Å². The van der Waals surface area contributed by atoms with Crippen LogP contribution in [0.25, 0.3) is 11.1 Å². The Balaban J connectivity index is 2.37. The molecule has 0 saturated heterocycles. The van der Waals surface area contributed by atoms with Crippen LogP contribution in [-0.4, -0.2) is 9.55 Å². The highest BCUT2D eigenvalue weighted by molar-refractivity contribution is 5.63. The molecule has 19 heavy (non-hydrogen) atoms. The summed E-state index contributed by atoms with van der Waals surface area (Å²) in [5.74, 6) is 0.481. The van der Waals surface area contributed by atoms with Crippen LogP contribution in [0.3, 0.4) is 0 Å². The first kappa shape index (κ1) is 13.9. The molecule has 0 aliphatic carbocycles. The Morgan fingerprint density at radius 2 is 1.79 bits per heavy atom. The predicted octanol–water partition coefficient (Wildman–Crippen LogP) is 4.51. The number of nitrogens with zero attached hydrogens (tertiary/aromatic N) is 2. The molecule has 0 unspecified atom stereocenters. The monoisotopic (exact) mass is 256 g/mol. The molecule has 0 aliphatic rings. The largest absolute Gasteiger partial charge is 0.353 e. The third-order valence-electron chi connectivity index (χ3n) is 3.48. The quantitative estimate of drug-likeness (QED) is 0.773. The average molecular weight is 256 g/mol. The molecule has 0 radical (unpaired) electrons. The van der Waals surface area contributed by atoms with E-state index in [0.29, 0.717) is 5.92 Å². The molecule has 0 fully saturated rings. The van der Waals surface area contributed by atoms with Gasteiger partial charge < -0.3 is 4.57 Å². The van der Waals surface area contributed by atoms with Gasteiger partial charge in [0.05, 0.1) is 0 Å². The van der Waals surface area contributed by atoms with Crippen LogP contribution >= 0.6 is 0 Å². The normalized spacial score (nSPS) is 12.2. The van der Waals surface area contributed by atoms with E-state index in [1.165, 1.54) is 16.8 Å². The topological polar surface area (TPSA) is 17.8 Å². The Kier molecular flexibility index (Phi) is 3.53. The molecular formula is C17H24N2. The van der Waals surface area contributed by atoms with Crippen LogP contribution in [0, 0.1) is 0 Å². The molecule has 0 saturated carbocycles. The van der Waals surface area contributed by atoms with Crippen molar-refractivity contribution in [1.29, 1.82) is 0 Å². The third kappa shape index (κ3) is 2.89. The van der Waals surface area contributed by atoms with E-state index in [1.54, 1.807) is 0 Å². The number of pyridine rings is 1. The highest BCUT2D eigenvalue weighted by Gasteiger charge is 2.18. The van der Waals surface area contributed by atoms with E-state index in [0.717, 1.165) is 5.69 Å². The van der Waals surface area contributed by atoms with Crippen molar-refractivity contribution < 1.29 is 0 Å². The van der Waals surface area contributed by atoms with Crippen molar-refractivity contribution >= 4 is 0 Å². The smallest absolute Gasteiger partial charge is 0.0429 e. The molecule has 2 rings (SSSR count). The summed E-state index contributed by atoms with van der Waals surface area (Å²) in [5.41, 5.74) is 5.09. The lowest BCUT2D eigenvalue weighted by Crippen LogP contribution is -2.15. The van der Waals surface area contributed by atoms with Gasteiger partial charge in [-0.05, 0) is 18.1 Å². The Bertz CT molecular complexity index is 554. The summed E-state index contributed by atoms with van der Waals surface area (Å²) < 4.78 is 2.21. The number of hydrogen-bond acceptors (Lipinski definition) is 1. The van der Waals surface area contributed by atoms with Crippen molar-refractivity contribution in [1.82, 2.24) is 9.55 Å². The van der Waals surface area contributed by atoms with Gasteiger partial charge in [-0.1, -0.05) is 40.7 Å².